The highest BCUT2D eigenvalue weighted by atomic mass is 19.1. The van der Waals surface area contributed by atoms with Crippen LogP contribution in [0.1, 0.15) is 45.0 Å². The van der Waals surface area contributed by atoms with E-state index in [9.17, 15) is 9.18 Å². The Kier molecular flexibility index (Phi) is 5.15. The van der Waals surface area contributed by atoms with Crippen molar-refractivity contribution in [3.05, 3.63) is 29.6 Å². The van der Waals surface area contributed by atoms with E-state index in [1.54, 1.807) is 24.1 Å². The minimum absolute atomic E-state index is 0.0317. The molecule has 0 fully saturated rings. The van der Waals surface area contributed by atoms with Gasteiger partial charge < -0.3 is 10.2 Å². The first-order valence-electron chi connectivity index (χ1n) is 6.99. The van der Waals surface area contributed by atoms with Gasteiger partial charge in [-0.15, -0.1) is 0 Å². The second-order valence-electron chi connectivity index (χ2n) is 6.15. The first kappa shape index (κ1) is 16.5. The van der Waals surface area contributed by atoms with E-state index in [1.165, 1.54) is 6.07 Å². The highest BCUT2D eigenvalue weighted by molar-refractivity contribution is 5.99. The number of rotatable bonds is 4. The summed E-state index contributed by atoms with van der Waals surface area (Å²) in [5.74, 6) is -0.558. The van der Waals surface area contributed by atoms with Crippen LogP contribution < -0.4 is 5.32 Å². The molecule has 1 rings (SSSR count). The van der Waals surface area contributed by atoms with E-state index in [1.807, 2.05) is 13.8 Å². The van der Waals surface area contributed by atoms with E-state index in [0.717, 1.165) is 0 Å². The van der Waals surface area contributed by atoms with E-state index in [2.05, 4.69) is 26.1 Å². The Morgan fingerprint density at radius 1 is 1.40 bits per heavy atom. The molecule has 1 amide bonds. The maximum atomic E-state index is 13.9. The molecule has 0 saturated heterocycles. The minimum Gasteiger partial charge on any atom is -0.382 e. The summed E-state index contributed by atoms with van der Waals surface area (Å²) in [5, 5.41) is 2.94. The number of hydrogen-bond acceptors (Lipinski definition) is 2. The molecule has 0 heterocycles. The molecule has 0 aromatic heterocycles. The number of benzene rings is 1. The second kappa shape index (κ2) is 6.25. The molecule has 0 radical (unpaired) electrons. The summed E-state index contributed by atoms with van der Waals surface area (Å²) in [7, 11) is 1.76. The van der Waals surface area contributed by atoms with Crippen molar-refractivity contribution in [3.63, 3.8) is 0 Å². The van der Waals surface area contributed by atoms with Crippen molar-refractivity contribution < 1.29 is 9.18 Å². The van der Waals surface area contributed by atoms with Crippen molar-refractivity contribution in [2.45, 2.75) is 40.7 Å². The van der Waals surface area contributed by atoms with E-state index < -0.39 is 5.82 Å². The van der Waals surface area contributed by atoms with Gasteiger partial charge in [-0.3, -0.25) is 4.79 Å². The van der Waals surface area contributed by atoms with Crippen LogP contribution >= 0.6 is 0 Å². The van der Waals surface area contributed by atoms with Crippen molar-refractivity contribution in [1.29, 1.82) is 0 Å². The number of hydrogen-bond donors (Lipinski definition) is 1. The first-order chi connectivity index (χ1) is 9.20. The smallest absolute Gasteiger partial charge is 0.256 e. The number of nitrogens with one attached hydrogen (secondary N) is 1. The zero-order valence-electron chi connectivity index (χ0n) is 13.2. The number of para-hydroxylation sites is 1. The van der Waals surface area contributed by atoms with Crippen LogP contribution in [-0.4, -0.2) is 30.4 Å². The van der Waals surface area contributed by atoms with Crippen LogP contribution in [0.4, 0.5) is 10.1 Å². The predicted molar refractivity (Wildman–Crippen MR) is 81.6 cm³/mol. The van der Waals surface area contributed by atoms with Gasteiger partial charge in [0.15, 0.2) is 0 Å². The molecule has 3 nitrogen and oxygen atoms in total. The molecule has 0 aliphatic heterocycles. The molecule has 0 saturated carbocycles. The maximum absolute atomic E-state index is 13.9. The van der Waals surface area contributed by atoms with Crippen LogP contribution in [0.5, 0.6) is 0 Å². The molecule has 0 aliphatic carbocycles. The van der Waals surface area contributed by atoms with Crippen LogP contribution in [0, 0.1) is 11.2 Å². The van der Waals surface area contributed by atoms with Crippen molar-refractivity contribution in [2.24, 2.45) is 5.41 Å². The number of carbonyl (C=O) groups is 1. The summed E-state index contributed by atoms with van der Waals surface area (Å²) in [6.45, 7) is 10.7. The van der Waals surface area contributed by atoms with Crippen LogP contribution in [-0.2, 0) is 0 Å². The maximum Gasteiger partial charge on any atom is 0.256 e. The Morgan fingerprint density at radius 3 is 2.50 bits per heavy atom. The van der Waals surface area contributed by atoms with Gasteiger partial charge in [0.2, 0.25) is 0 Å². The van der Waals surface area contributed by atoms with E-state index in [0.29, 0.717) is 12.1 Å². The zero-order chi connectivity index (χ0) is 15.5. The fourth-order valence-corrected chi connectivity index (χ4v) is 2.01. The molecule has 1 aromatic rings. The Hall–Kier alpha value is -1.58. The molecule has 4 heteroatoms. The lowest BCUT2D eigenvalue weighted by atomic mass is 9.87. The number of nitrogens with zero attached hydrogens (tertiary/aromatic N) is 1. The highest BCUT2D eigenvalue weighted by Gasteiger charge is 2.29. The summed E-state index contributed by atoms with van der Waals surface area (Å²) in [4.78, 5) is 14.3. The quantitative estimate of drug-likeness (QED) is 0.910. The third-order valence-corrected chi connectivity index (χ3v) is 3.75. The first-order valence-corrected chi connectivity index (χ1v) is 6.99. The third kappa shape index (κ3) is 3.50. The molecule has 20 heavy (non-hydrogen) atoms. The van der Waals surface area contributed by atoms with Gasteiger partial charge in [-0.05, 0) is 31.4 Å². The molecule has 1 aromatic carbocycles. The van der Waals surface area contributed by atoms with Gasteiger partial charge in [0, 0.05) is 19.6 Å². The molecule has 1 unspecified atom stereocenters. The Balaban J connectivity index is 3.12. The van der Waals surface area contributed by atoms with Gasteiger partial charge in [0.1, 0.15) is 5.82 Å². The third-order valence-electron chi connectivity index (χ3n) is 3.75. The standard InChI is InChI=1S/C16H25FN2O/c1-7-18-14-12(9-8-10-13(14)17)15(20)19(6)11(2)16(3,4)5/h8-11,18H,7H2,1-6H3. The second-order valence-corrected chi connectivity index (χ2v) is 6.15. The number of halogens is 1. The summed E-state index contributed by atoms with van der Waals surface area (Å²) >= 11 is 0. The van der Waals surface area contributed by atoms with E-state index in [-0.39, 0.29) is 23.1 Å². The average Bonchev–Trinajstić information content (AvgIpc) is 2.37. The Bertz CT molecular complexity index is 480. The molecule has 1 atom stereocenters. The van der Waals surface area contributed by atoms with Crippen molar-refractivity contribution in [3.8, 4) is 0 Å². The summed E-state index contributed by atoms with van der Waals surface area (Å²) in [6.07, 6.45) is 0. The van der Waals surface area contributed by atoms with Crippen LogP contribution in [0.3, 0.4) is 0 Å². The fraction of sp³-hybridized carbons (Fsp3) is 0.562. The van der Waals surface area contributed by atoms with E-state index >= 15 is 0 Å². The van der Waals surface area contributed by atoms with Gasteiger partial charge in [0.25, 0.3) is 5.91 Å². The number of anilines is 1. The topological polar surface area (TPSA) is 32.3 Å². The molecule has 0 aliphatic rings. The van der Waals surface area contributed by atoms with Crippen LogP contribution in [0.2, 0.25) is 0 Å². The SMILES string of the molecule is CCNc1c(F)cccc1C(=O)N(C)C(C)C(C)(C)C. The van der Waals surface area contributed by atoms with Gasteiger partial charge in [-0.2, -0.15) is 0 Å². The molecule has 0 bridgehead atoms. The Labute approximate surface area is 121 Å². The molecule has 1 N–H and O–H groups in total. The van der Waals surface area contributed by atoms with Gasteiger partial charge in [-0.25, -0.2) is 4.39 Å². The molecule has 0 spiro atoms. The fourth-order valence-electron chi connectivity index (χ4n) is 2.01. The van der Waals surface area contributed by atoms with Gasteiger partial charge in [0.05, 0.1) is 11.3 Å². The lowest BCUT2D eigenvalue weighted by Crippen LogP contribution is -2.43. The molecular weight excluding hydrogens is 255 g/mol. The number of amides is 1. The van der Waals surface area contributed by atoms with Crippen molar-refractivity contribution in [1.82, 2.24) is 4.90 Å². The van der Waals surface area contributed by atoms with Crippen LogP contribution in [0.25, 0.3) is 0 Å². The molecule has 112 valence electrons. The zero-order valence-corrected chi connectivity index (χ0v) is 13.2. The largest absolute Gasteiger partial charge is 0.382 e. The summed E-state index contributed by atoms with van der Waals surface area (Å²) < 4.78 is 13.9. The monoisotopic (exact) mass is 280 g/mol. The lowest BCUT2D eigenvalue weighted by molar-refractivity contribution is 0.0630. The van der Waals surface area contributed by atoms with Gasteiger partial charge >= 0.3 is 0 Å². The van der Waals surface area contributed by atoms with Crippen LogP contribution in [0.15, 0.2) is 18.2 Å². The lowest BCUT2D eigenvalue weighted by Gasteiger charge is -2.35. The van der Waals surface area contributed by atoms with E-state index in [4.69, 9.17) is 0 Å². The average molecular weight is 280 g/mol. The Morgan fingerprint density at radius 2 is 2.00 bits per heavy atom. The van der Waals surface area contributed by atoms with Crippen molar-refractivity contribution in [2.75, 3.05) is 18.9 Å². The normalized spacial score (nSPS) is 12.9. The van der Waals surface area contributed by atoms with Crippen molar-refractivity contribution >= 4 is 11.6 Å². The van der Waals surface area contributed by atoms with Gasteiger partial charge in [-0.1, -0.05) is 26.8 Å². The highest BCUT2D eigenvalue weighted by Crippen LogP contribution is 2.27. The summed E-state index contributed by atoms with van der Waals surface area (Å²) in [5.41, 5.74) is 0.634. The predicted octanol–water partition coefficient (Wildman–Crippen LogP) is 3.76. The number of carbonyl (C=O) groups excluding carboxylic acids is 1. The summed E-state index contributed by atoms with van der Waals surface area (Å²) in [6, 6.07) is 4.64. The molecular formula is C16H25FN2O. The minimum atomic E-state index is -0.394.